The lowest BCUT2D eigenvalue weighted by Crippen LogP contribution is -2.64. The van der Waals surface area contributed by atoms with Gasteiger partial charge in [0, 0.05) is 38.6 Å². The average molecular weight is 568 g/mol. The first-order valence-electron chi connectivity index (χ1n) is 11.8. The van der Waals surface area contributed by atoms with E-state index >= 15 is 0 Å². The fraction of sp³-hybridized carbons (Fsp3) is 0.500. The molecular weight excluding hydrogens is 534 g/mol. The summed E-state index contributed by atoms with van der Waals surface area (Å²) >= 11 is 1.29. The Labute approximate surface area is 226 Å². The van der Waals surface area contributed by atoms with Gasteiger partial charge in [0.05, 0.1) is 18.5 Å². The normalized spacial score (nSPS) is 18.3. The SMILES string of the molecule is CCOC(=O)[C@@](C)(C(=O)[C@H]1NC(C)(C)CS1)N(c1ccc(OC(=O)N(C)C)cc1)S(=O)(=O)c1cnn(C)c1. The van der Waals surface area contributed by atoms with Crippen LogP contribution < -0.4 is 14.4 Å². The number of thioether (sulfide) groups is 1. The maximum atomic E-state index is 14.1. The second-order valence-corrected chi connectivity index (χ2v) is 12.6. The third kappa shape index (κ3) is 5.81. The summed E-state index contributed by atoms with van der Waals surface area (Å²) in [4.78, 5) is 40.6. The van der Waals surface area contributed by atoms with E-state index in [2.05, 4.69) is 10.4 Å². The second kappa shape index (κ2) is 10.9. The van der Waals surface area contributed by atoms with E-state index in [0.717, 1.165) is 10.5 Å². The number of rotatable bonds is 9. The lowest BCUT2D eigenvalue weighted by atomic mass is 9.94. The number of esters is 1. The molecule has 12 nitrogen and oxygen atoms in total. The standard InChI is InChI=1S/C24H33N5O7S2/c1-8-35-21(31)24(4,19(30)20-26-23(2,3)15-37-20)29(38(33,34)18-13-25-28(7)14-18)16-9-11-17(12-10-16)36-22(32)27(5)6/h9-14,20,26H,8,15H2,1-7H3/t20-,24+/m0/s1. The van der Waals surface area contributed by atoms with Gasteiger partial charge < -0.3 is 14.4 Å². The van der Waals surface area contributed by atoms with Crippen LogP contribution in [-0.4, -0.2) is 83.9 Å². The predicted molar refractivity (Wildman–Crippen MR) is 143 cm³/mol. The van der Waals surface area contributed by atoms with E-state index in [4.69, 9.17) is 9.47 Å². The molecule has 0 spiro atoms. The number of nitrogens with zero attached hydrogens (tertiary/aromatic N) is 4. The number of anilines is 1. The number of sulfonamides is 1. The molecule has 1 aliphatic heterocycles. The third-order valence-corrected chi connectivity index (χ3v) is 9.21. The summed E-state index contributed by atoms with van der Waals surface area (Å²) in [5, 5.41) is 6.27. The number of ketones is 1. The molecule has 2 aromatic rings. The molecule has 0 aliphatic carbocycles. The van der Waals surface area contributed by atoms with Crippen LogP contribution in [-0.2, 0) is 31.4 Å². The van der Waals surface area contributed by atoms with Gasteiger partial charge in [-0.3, -0.25) is 14.8 Å². The van der Waals surface area contributed by atoms with E-state index in [1.165, 1.54) is 72.8 Å². The third-order valence-electron chi connectivity index (χ3n) is 5.79. The summed E-state index contributed by atoms with van der Waals surface area (Å²) in [5.74, 6) is -0.983. The fourth-order valence-corrected chi connectivity index (χ4v) is 6.97. The molecule has 1 aromatic heterocycles. The van der Waals surface area contributed by atoms with Gasteiger partial charge in [-0.05, 0) is 52.0 Å². The molecule has 38 heavy (non-hydrogen) atoms. The molecule has 1 aromatic carbocycles. The number of ether oxygens (including phenoxy) is 2. The monoisotopic (exact) mass is 567 g/mol. The topological polar surface area (TPSA) is 140 Å². The van der Waals surface area contributed by atoms with Crippen molar-refractivity contribution in [2.24, 2.45) is 7.05 Å². The molecule has 1 N–H and O–H groups in total. The van der Waals surface area contributed by atoms with Gasteiger partial charge in [-0.15, -0.1) is 11.8 Å². The van der Waals surface area contributed by atoms with Crippen LogP contribution in [0.5, 0.6) is 5.75 Å². The highest BCUT2D eigenvalue weighted by atomic mass is 32.2. The largest absolute Gasteiger partial charge is 0.464 e. The first-order chi connectivity index (χ1) is 17.6. The first-order valence-corrected chi connectivity index (χ1v) is 14.3. The van der Waals surface area contributed by atoms with Gasteiger partial charge in [0.1, 0.15) is 16.0 Å². The number of benzene rings is 1. The maximum Gasteiger partial charge on any atom is 0.414 e. The summed E-state index contributed by atoms with van der Waals surface area (Å²) < 4.78 is 40.8. The molecule has 208 valence electrons. The molecule has 3 rings (SSSR count). The minimum absolute atomic E-state index is 0.00957. The molecule has 2 heterocycles. The lowest BCUT2D eigenvalue weighted by Gasteiger charge is -2.39. The number of hydrogen-bond acceptors (Lipinski definition) is 10. The minimum Gasteiger partial charge on any atom is -0.464 e. The number of aromatic nitrogens is 2. The molecule has 0 radical (unpaired) electrons. The van der Waals surface area contributed by atoms with Crippen LogP contribution in [0.1, 0.15) is 27.7 Å². The molecule has 0 saturated carbocycles. The zero-order valence-electron chi connectivity index (χ0n) is 22.4. The molecular formula is C24H33N5O7S2. The maximum absolute atomic E-state index is 14.1. The number of carbonyl (C=O) groups excluding carboxylic acids is 3. The highest BCUT2D eigenvalue weighted by molar-refractivity contribution is 8.01. The van der Waals surface area contributed by atoms with Gasteiger partial charge in [-0.25, -0.2) is 22.3 Å². The Morgan fingerprint density at radius 2 is 1.87 bits per heavy atom. The number of nitrogens with one attached hydrogen (secondary N) is 1. The van der Waals surface area contributed by atoms with Crippen molar-refractivity contribution in [2.75, 3.05) is 30.8 Å². The average Bonchev–Trinajstić information content (AvgIpc) is 3.44. The Morgan fingerprint density at radius 1 is 1.24 bits per heavy atom. The smallest absolute Gasteiger partial charge is 0.414 e. The van der Waals surface area contributed by atoms with Gasteiger partial charge >= 0.3 is 12.1 Å². The van der Waals surface area contributed by atoms with E-state index in [1.54, 1.807) is 14.0 Å². The van der Waals surface area contributed by atoms with Gasteiger partial charge in [0.15, 0.2) is 5.78 Å². The highest BCUT2D eigenvalue weighted by Gasteiger charge is 2.57. The van der Waals surface area contributed by atoms with Crippen molar-refractivity contribution in [1.29, 1.82) is 0 Å². The Kier molecular flexibility index (Phi) is 8.48. The number of hydrogen-bond donors (Lipinski definition) is 1. The van der Waals surface area contributed by atoms with Crippen molar-refractivity contribution >= 4 is 45.3 Å². The minimum atomic E-state index is -4.53. The predicted octanol–water partition coefficient (Wildman–Crippen LogP) is 2.01. The molecule has 0 unspecified atom stereocenters. The van der Waals surface area contributed by atoms with Crippen molar-refractivity contribution in [2.45, 2.75) is 49.0 Å². The fourth-order valence-electron chi connectivity index (χ4n) is 3.80. The second-order valence-electron chi connectivity index (χ2n) is 9.75. The van der Waals surface area contributed by atoms with Gasteiger partial charge in [0.2, 0.25) is 5.54 Å². The van der Waals surface area contributed by atoms with Gasteiger partial charge in [-0.1, -0.05) is 0 Å². The summed E-state index contributed by atoms with van der Waals surface area (Å²) in [7, 11) is 0.0571. The van der Waals surface area contributed by atoms with E-state index in [1.807, 2.05) is 13.8 Å². The van der Waals surface area contributed by atoms with Crippen LogP contribution >= 0.6 is 11.8 Å². The van der Waals surface area contributed by atoms with Crippen molar-refractivity contribution in [1.82, 2.24) is 20.0 Å². The molecule has 1 saturated heterocycles. The van der Waals surface area contributed by atoms with E-state index in [9.17, 15) is 22.8 Å². The van der Waals surface area contributed by atoms with Crippen LogP contribution in [0.15, 0.2) is 41.6 Å². The van der Waals surface area contributed by atoms with Gasteiger partial charge in [0.25, 0.3) is 10.0 Å². The van der Waals surface area contributed by atoms with E-state index in [-0.39, 0.29) is 22.9 Å². The number of Topliss-reactive ketones (excluding diaryl/α,β-unsaturated/α-hetero) is 1. The first kappa shape index (κ1) is 29.5. The molecule has 1 fully saturated rings. The molecule has 14 heteroatoms. The van der Waals surface area contributed by atoms with Crippen molar-refractivity contribution in [3.05, 3.63) is 36.7 Å². The molecule has 2 atom stereocenters. The quantitative estimate of drug-likeness (QED) is 0.353. The van der Waals surface area contributed by atoms with Gasteiger partial charge in [-0.2, -0.15) is 5.10 Å². The molecule has 1 amide bonds. The van der Waals surface area contributed by atoms with Crippen LogP contribution in [0, 0.1) is 0 Å². The Morgan fingerprint density at radius 3 is 2.34 bits per heavy atom. The van der Waals surface area contributed by atoms with E-state index < -0.39 is 44.3 Å². The molecule has 1 aliphatic rings. The number of aryl methyl sites for hydroxylation is 1. The van der Waals surface area contributed by atoms with Crippen LogP contribution in [0.4, 0.5) is 10.5 Å². The zero-order chi connectivity index (χ0) is 28.5. The Balaban J connectivity index is 2.20. The molecule has 0 bridgehead atoms. The summed E-state index contributed by atoms with van der Waals surface area (Å²) in [5.41, 5.74) is -2.71. The highest BCUT2D eigenvalue weighted by Crippen LogP contribution is 2.38. The summed E-state index contributed by atoms with van der Waals surface area (Å²) in [6.45, 7) is 6.56. The van der Waals surface area contributed by atoms with Crippen LogP contribution in [0.25, 0.3) is 0 Å². The van der Waals surface area contributed by atoms with Crippen molar-refractivity contribution in [3.63, 3.8) is 0 Å². The zero-order valence-corrected chi connectivity index (χ0v) is 24.1. The van der Waals surface area contributed by atoms with Crippen LogP contribution in [0.3, 0.4) is 0 Å². The van der Waals surface area contributed by atoms with Crippen molar-refractivity contribution < 1.29 is 32.3 Å². The summed E-state index contributed by atoms with van der Waals surface area (Å²) in [6.07, 6.45) is 1.78. The summed E-state index contributed by atoms with van der Waals surface area (Å²) in [6, 6.07) is 5.47. The Bertz CT molecular complexity index is 1310. The van der Waals surface area contributed by atoms with Crippen molar-refractivity contribution in [3.8, 4) is 5.75 Å². The number of amides is 1. The lowest BCUT2D eigenvalue weighted by molar-refractivity contribution is -0.152. The van der Waals surface area contributed by atoms with E-state index in [0.29, 0.717) is 5.75 Å². The Hall–Kier alpha value is -3.10. The number of carbonyl (C=O) groups is 3. The van der Waals surface area contributed by atoms with Crippen LogP contribution in [0.2, 0.25) is 0 Å².